The van der Waals surface area contributed by atoms with Crippen LogP contribution in [0.1, 0.15) is 17.3 Å². The van der Waals surface area contributed by atoms with Gasteiger partial charge in [0.25, 0.3) is 5.91 Å². The van der Waals surface area contributed by atoms with Crippen molar-refractivity contribution < 1.29 is 22.7 Å². The highest BCUT2D eigenvalue weighted by Crippen LogP contribution is 2.22. The van der Waals surface area contributed by atoms with Crippen LogP contribution in [0.15, 0.2) is 41.4 Å². The highest BCUT2D eigenvalue weighted by atomic mass is 32.1. The van der Waals surface area contributed by atoms with Crippen LogP contribution in [-0.2, 0) is 11.3 Å². The maximum Gasteiger partial charge on any atom is 0.279 e. The Morgan fingerprint density at radius 2 is 2.00 bits per heavy atom. The number of benzene rings is 2. The van der Waals surface area contributed by atoms with Crippen molar-refractivity contribution in [3.63, 3.8) is 0 Å². The molecule has 0 N–H and O–H groups in total. The Labute approximate surface area is 151 Å². The van der Waals surface area contributed by atoms with Gasteiger partial charge in [-0.2, -0.15) is 4.99 Å². The van der Waals surface area contributed by atoms with Gasteiger partial charge in [0.05, 0.1) is 16.8 Å². The quantitative estimate of drug-likeness (QED) is 0.630. The molecule has 1 aromatic heterocycles. The van der Waals surface area contributed by atoms with Crippen LogP contribution < -0.4 is 4.80 Å². The lowest BCUT2D eigenvalue weighted by Gasteiger charge is -2.06. The Morgan fingerprint density at radius 1 is 1.19 bits per heavy atom. The molecule has 0 bridgehead atoms. The number of nitrogens with zero attached hydrogens (tertiary/aromatic N) is 2. The monoisotopic (exact) mass is 380 g/mol. The highest BCUT2D eigenvalue weighted by Gasteiger charge is 2.14. The normalized spacial score (nSPS) is 12.1. The fourth-order valence-electron chi connectivity index (χ4n) is 2.49. The third-order valence-electron chi connectivity index (χ3n) is 3.63. The van der Waals surface area contributed by atoms with E-state index in [9.17, 15) is 18.0 Å². The molecule has 0 saturated heterocycles. The Hall–Kier alpha value is -2.45. The van der Waals surface area contributed by atoms with E-state index in [0.29, 0.717) is 11.3 Å². The topological polar surface area (TPSA) is 43.6 Å². The van der Waals surface area contributed by atoms with Gasteiger partial charge in [0, 0.05) is 24.8 Å². The number of hydrogen-bond acceptors (Lipinski definition) is 3. The Morgan fingerprint density at radius 3 is 2.73 bits per heavy atom. The minimum atomic E-state index is -0.743. The summed E-state index contributed by atoms with van der Waals surface area (Å²) in [6.07, 6.45) is 0. The average Bonchev–Trinajstić information content (AvgIpc) is 2.92. The van der Waals surface area contributed by atoms with Gasteiger partial charge in [-0.25, -0.2) is 13.2 Å². The van der Waals surface area contributed by atoms with Gasteiger partial charge < -0.3 is 9.30 Å². The molecule has 0 radical (unpaired) electrons. The lowest BCUT2D eigenvalue weighted by Crippen LogP contribution is -2.20. The van der Waals surface area contributed by atoms with Crippen molar-refractivity contribution in [3.05, 3.63) is 64.2 Å². The molecule has 1 heterocycles. The first-order valence-corrected chi connectivity index (χ1v) is 8.72. The van der Waals surface area contributed by atoms with Crippen LogP contribution in [-0.4, -0.2) is 23.7 Å². The molecule has 0 aliphatic heterocycles. The second-order valence-electron chi connectivity index (χ2n) is 5.39. The van der Waals surface area contributed by atoms with Gasteiger partial charge in [-0.15, -0.1) is 0 Å². The lowest BCUT2D eigenvalue weighted by atomic mass is 10.2. The van der Waals surface area contributed by atoms with Crippen LogP contribution >= 0.6 is 11.3 Å². The van der Waals surface area contributed by atoms with E-state index in [1.807, 2.05) is 6.92 Å². The molecular weight excluding hydrogens is 365 g/mol. The molecule has 3 aromatic rings. The molecule has 1 amide bonds. The highest BCUT2D eigenvalue weighted by molar-refractivity contribution is 7.16. The standard InChI is InChI=1S/C18H15F3N2O2S/c1-2-25-7-6-23-16-14(21)9-13(20)10-15(16)26-18(23)22-17(24)11-4-3-5-12(19)8-11/h3-5,8-10H,2,6-7H2,1H3. The third kappa shape index (κ3) is 3.86. The number of carbonyl (C=O) groups is 1. The SMILES string of the molecule is CCOCCn1c(=NC(=O)c2cccc(F)c2)sc2cc(F)cc(F)c21. The number of ether oxygens (including phenoxy) is 1. The summed E-state index contributed by atoms with van der Waals surface area (Å²) in [7, 11) is 0. The molecule has 0 atom stereocenters. The number of rotatable bonds is 5. The van der Waals surface area contributed by atoms with E-state index in [1.54, 1.807) is 0 Å². The van der Waals surface area contributed by atoms with Gasteiger partial charge >= 0.3 is 0 Å². The van der Waals surface area contributed by atoms with E-state index in [-0.39, 0.29) is 29.0 Å². The lowest BCUT2D eigenvalue weighted by molar-refractivity contribution is 0.0996. The van der Waals surface area contributed by atoms with Crippen LogP contribution in [0.25, 0.3) is 10.2 Å². The van der Waals surface area contributed by atoms with E-state index in [0.717, 1.165) is 23.5 Å². The van der Waals surface area contributed by atoms with Crippen molar-refractivity contribution in [2.24, 2.45) is 4.99 Å². The summed E-state index contributed by atoms with van der Waals surface area (Å²) >= 11 is 0.984. The fraction of sp³-hybridized carbons (Fsp3) is 0.222. The summed E-state index contributed by atoms with van der Waals surface area (Å²) in [4.78, 5) is 16.5. The van der Waals surface area contributed by atoms with Crippen molar-refractivity contribution in [2.75, 3.05) is 13.2 Å². The molecule has 0 aliphatic rings. The number of thiazole rings is 1. The van der Waals surface area contributed by atoms with Gasteiger partial charge in [-0.3, -0.25) is 4.79 Å². The molecule has 0 aliphatic carbocycles. The molecule has 0 unspecified atom stereocenters. The number of hydrogen-bond donors (Lipinski definition) is 0. The van der Waals surface area contributed by atoms with Crippen molar-refractivity contribution in [3.8, 4) is 0 Å². The van der Waals surface area contributed by atoms with Gasteiger partial charge in [0.15, 0.2) is 10.6 Å². The van der Waals surface area contributed by atoms with Gasteiger partial charge in [0.2, 0.25) is 0 Å². The van der Waals surface area contributed by atoms with Crippen molar-refractivity contribution in [1.29, 1.82) is 0 Å². The molecule has 4 nitrogen and oxygen atoms in total. The number of aromatic nitrogens is 1. The predicted octanol–water partition coefficient (Wildman–Crippen LogP) is 3.90. The Bertz CT molecular complexity index is 1030. The van der Waals surface area contributed by atoms with Crippen molar-refractivity contribution in [1.82, 2.24) is 4.57 Å². The molecular formula is C18H15F3N2O2S. The molecule has 0 spiro atoms. The van der Waals surface area contributed by atoms with E-state index >= 15 is 0 Å². The zero-order valence-corrected chi connectivity index (χ0v) is 14.7. The van der Waals surface area contributed by atoms with E-state index in [1.165, 1.54) is 28.8 Å². The van der Waals surface area contributed by atoms with E-state index in [4.69, 9.17) is 4.74 Å². The molecule has 0 fully saturated rings. The third-order valence-corrected chi connectivity index (χ3v) is 4.65. The summed E-state index contributed by atoms with van der Waals surface area (Å²) in [5, 5.41) is 0. The van der Waals surface area contributed by atoms with Crippen LogP contribution in [0.5, 0.6) is 0 Å². The summed E-state index contributed by atoms with van der Waals surface area (Å²) in [6.45, 7) is 2.83. The van der Waals surface area contributed by atoms with Gasteiger partial charge in [-0.05, 0) is 31.2 Å². The Balaban J connectivity index is 2.12. The molecule has 2 aromatic carbocycles. The maximum absolute atomic E-state index is 14.3. The van der Waals surface area contributed by atoms with Gasteiger partial charge in [-0.1, -0.05) is 17.4 Å². The number of halogens is 3. The number of carbonyl (C=O) groups excluding carboxylic acids is 1. The second-order valence-corrected chi connectivity index (χ2v) is 6.40. The molecule has 136 valence electrons. The Kier molecular flexibility index (Phi) is 5.53. The minimum absolute atomic E-state index is 0.0745. The summed E-state index contributed by atoms with van der Waals surface area (Å²) in [5.74, 6) is -2.68. The first-order chi connectivity index (χ1) is 12.5. The van der Waals surface area contributed by atoms with Crippen LogP contribution in [0.3, 0.4) is 0 Å². The predicted molar refractivity (Wildman–Crippen MR) is 92.5 cm³/mol. The molecule has 3 rings (SSSR count). The number of fused-ring (bicyclic) bond motifs is 1. The minimum Gasteiger partial charge on any atom is -0.380 e. The van der Waals surface area contributed by atoms with Crippen molar-refractivity contribution >= 4 is 27.5 Å². The molecule has 0 saturated carbocycles. The first-order valence-electron chi connectivity index (χ1n) is 7.90. The first kappa shape index (κ1) is 18.3. The average molecular weight is 380 g/mol. The summed E-state index contributed by atoms with van der Waals surface area (Å²) in [5.41, 5.74) is 0.229. The van der Waals surface area contributed by atoms with Crippen molar-refractivity contribution in [2.45, 2.75) is 13.5 Å². The largest absolute Gasteiger partial charge is 0.380 e. The summed E-state index contributed by atoms with van der Waals surface area (Å²) in [6, 6.07) is 7.10. The van der Waals surface area contributed by atoms with Crippen LogP contribution in [0.2, 0.25) is 0 Å². The zero-order valence-electron chi connectivity index (χ0n) is 13.8. The molecule has 8 heteroatoms. The van der Waals surface area contributed by atoms with E-state index < -0.39 is 23.4 Å². The maximum atomic E-state index is 14.3. The molecule has 26 heavy (non-hydrogen) atoms. The van der Waals surface area contributed by atoms with Gasteiger partial charge in [0.1, 0.15) is 11.6 Å². The second kappa shape index (κ2) is 7.84. The fourth-order valence-corrected chi connectivity index (χ4v) is 3.59. The number of amides is 1. The smallest absolute Gasteiger partial charge is 0.279 e. The zero-order chi connectivity index (χ0) is 18.7. The van der Waals surface area contributed by atoms with E-state index in [2.05, 4.69) is 4.99 Å². The summed E-state index contributed by atoms with van der Waals surface area (Å²) < 4.78 is 48.2. The van der Waals surface area contributed by atoms with Crippen LogP contribution in [0, 0.1) is 17.5 Å². The van der Waals surface area contributed by atoms with Crippen LogP contribution in [0.4, 0.5) is 13.2 Å².